The summed E-state index contributed by atoms with van der Waals surface area (Å²) in [6.07, 6.45) is 0.749. The highest BCUT2D eigenvalue weighted by molar-refractivity contribution is 14.1. The Morgan fingerprint density at radius 1 is 1.20 bits per heavy atom. The summed E-state index contributed by atoms with van der Waals surface area (Å²) in [7, 11) is 0. The predicted molar refractivity (Wildman–Crippen MR) is 95.9 cm³/mol. The van der Waals surface area contributed by atoms with E-state index in [0.29, 0.717) is 5.88 Å². The number of aromatic nitrogens is 2. The van der Waals surface area contributed by atoms with Crippen molar-refractivity contribution in [3.8, 4) is 5.69 Å². The lowest BCUT2D eigenvalue weighted by Gasteiger charge is -2.09. The molecule has 0 amide bonds. The maximum atomic E-state index is 5.92. The number of nitrogens with zero attached hydrogens (tertiary/aromatic N) is 2. The number of hydrogen-bond acceptors (Lipinski definition) is 1. The number of aryl methyl sites for hydroxylation is 1. The first-order valence-electron chi connectivity index (χ1n) is 6.18. The highest BCUT2D eigenvalue weighted by Crippen LogP contribution is 2.26. The second kappa shape index (κ2) is 6.03. The Morgan fingerprint density at radius 2 is 2.05 bits per heavy atom. The fraction of sp³-hybridized carbons (Fsp3) is 0.133. The molecule has 1 heterocycles. The summed E-state index contributed by atoms with van der Waals surface area (Å²) >= 11 is 11.8. The molecule has 0 bridgehead atoms. The van der Waals surface area contributed by atoms with Gasteiger partial charge in [-0.1, -0.05) is 22.0 Å². The number of benzene rings is 2. The van der Waals surface area contributed by atoms with Crippen molar-refractivity contribution in [3.05, 3.63) is 56.3 Å². The zero-order chi connectivity index (χ0) is 14.1. The van der Waals surface area contributed by atoms with Gasteiger partial charge < -0.3 is 0 Å². The average Bonchev–Trinajstić information content (AvgIpc) is 2.76. The van der Waals surface area contributed by atoms with Gasteiger partial charge in [0.1, 0.15) is 5.82 Å². The van der Waals surface area contributed by atoms with Gasteiger partial charge in [-0.2, -0.15) is 0 Å². The first kappa shape index (κ1) is 14.4. The molecular weight excluding hydrogens is 450 g/mol. The van der Waals surface area contributed by atoms with Crippen LogP contribution in [0.3, 0.4) is 0 Å². The van der Waals surface area contributed by atoms with E-state index in [2.05, 4.69) is 73.4 Å². The third-order valence-corrected chi connectivity index (χ3v) is 4.42. The first-order chi connectivity index (χ1) is 9.69. The monoisotopic (exact) mass is 460 g/mol. The molecule has 0 N–H and O–H groups in total. The number of alkyl halides is 1. The van der Waals surface area contributed by atoms with Crippen LogP contribution in [-0.2, 0) is 6.42 Å². The molecule has 0 aliphatic heterocycles. The summed E-state index contributed by atoms with van der Waals surface area (Å²) in [6.45, 7) is 0. The van der Waals surface area contributed by atoms with Gasteiger partial charge in [-0.25, -0.2) is 4.98 Å². The normalized spacial score (nSPS) is 11.2. The van der Waals surface area contributed by atoms with Gasteiger partial charge in [0.05, 0.1) is 11.0 Å². The molecule has 0 atom stereocenters. The topological polar surface area (TPSA) is 17.8 Å². The van der Waals surface area contributed by atoms with Crippen molar-refractivity contribution in [1.29, 1.82) is 0 Å². The highest BCUT2D eigenvalue weighted by Gasteiger charge is 2.12. The minimum atomic E-state index is 0.564. The Kier molecular flexibility index (Phi) is 4.33. The van der Waals surface area contributed by atoms with E-state index in [-0.39, 0.29) is 0 Å². The van der Waals surface area contributed by atoms with Crippen LogP contribution in [0.15, 0.2) is 46.9 Å². The van der Waals surface area contributed by atoms with Crippen molar-refractivity contribution in [2.24, 2.45) is 0 Å². The van der Waals surface area contributed by atoms with Gasteiger partial charge in [0.25, 0.3) is 0 Å². The number of imidazole rings is 1. The largest absolute Gasteiger partial charge is 0.296 e. The Morgan fingerprint density at radius 3 is 2.80 bits per heavy atom. The molecule has 0 radical (unpaired) electrons. The quantitative estimate of drug-likeness (QED) is 0.389. The summed E-state index contributed by atoms with van der Waals surface area (Å²) in [5.74, 6) is 1.56. The second-order valence-corrected chi connectivity index (χ2v) is 6.95. The summed E-state index contributed by atoms with van der Waals surface area (Å²) in [4.78, 5) is 4.70. The molecule has 0 aliphatic carbocycles. The highest BCUT2D eigenvalue weighted by atomic mass is 127. The van der Waals surface area contributed by atoms with E-state index in [1.54, 1.807) is 0 Å². The van der Waals surface area contributed by atoms with Gasteiger partial charge in [0, 0.05) is 26.0 Å². The molecule has 20 heavy (non-hydrogen) atoms. The van der Waals surface area contributed by atoms with Crippen molar-refractivity contribution in [2.75, 3.05) is 5.88 Å². The molecular formula is C15H11BrClIN2. The van der Waals surface area contributed by atoms with Crippen LogP contribution in [0.25, 0.3) is 16.7 Å². The number of fused-ring (bicyclic) bond motifs is 1. The predicted octanol–water partition coefficient (Wildman–Crippen LogP) is 5.17. The lowest BCUT2D eigenvalue weighted by atomic mass is 10.2. The number of halogens is 3. The molecule has 0 saturated carbocycles. The molecule has 2 aromatic carbocycles. The minimum absolute atomic E-state index is 0.564. The molecule has 0 saturated heterocycles. The Bertz CT molecular complexity index is 770. The van der Waals surface area contributed by atoms with E-state index in [9.17, 15) is 0 Å². The number of rotatable bonds is 3. The van der Waals surface area contributed by atoms with E-state index < -0.39 is 0 Å². The average molecular weight is 462 g/mol. The fourth-order valence-electron chi connectivity index (χ4n) is 2.25. The van der Waals surface area contributed by atoms with Gasteiger partial charge >= 0.3 is 0 Å². The first-order valence-corrected chi connectivity index (χ1v) is 8.58. The molecule has 0 aliphatic rings. The van der Waals surface area contributed by atoms with E-state index in [4.69, 9.17) is 16.6 Å². The van der Waals surface area contributed by atoms with Crippen molar-refractivity contribution in [1.82, 2.24) is 9.55 Å². The minimum Gasteiger partial charge on any atom is -0.296 e. The molecule has 5 heteroatoms. The standard InChI is InChI=1S/C15H11BrClIN2/c16-10-4-5-13-14(8-10)20(15(19-13)6-7-17)12-3-1-2-11(18)9-12/h1-5,8-9H,6-7H2. The zero-order valence-electron chi connectivity index (χ0n) is 10.5. The summed E-state index contributed by atoms with van der Waals surface area (Å²) in [5, 5.41) is 0. The lowest BCUT2D eigenvalue weighted by molar-refractivity contribution is 0.912. The molecule has 2 nitrogen and oxygen atoms in total. The van der Waals surface area contributed by atoms with Gasteiger partial charge in [-0.05, 0) is 59.0 Å². The molecule has 0 unspecified atom stereocenters. The van der Waals surface area contributed by atoms with Gasteiger partial charge in [-0.3, -0.25) is 4.57 Å². The maximum absolute atomic E-state index is 5.92. The van der Waals surface area contributed by atoms with Crippen LogP contribution < -0.4 is 0 Å². The molecule has 0 fully saturated rings. The molecule has 3 rings (SSSR count). The zero-order valence-corrected chi connectivity index (χ0v) is 15.0. The molecule has 3 aromatic rings. The number of hydrogen-bond donors (Lipinski definition) is 0. The SMILES string of the molecule is ClCCc1nc2ccc(Br)cc2n1-c1cccc(I)c1. The summed E-state index contributed by atoms with van der Waals surface area (Å²) in [5.41, 5.74) is 3.21. The van der Waals surface area contributed by atoms with Crippen LogP contribution >= 0.6 is 50.1 Å². The lowest BCUT2D eigenvalue weighted by Crippen LogP contribution is -2.02. The van der Waals surface area contributed by atoms with Crippen LogP contribution in [0.2, 0.25) is 0 Å². The van der Waals surface area contributed by atoms with Crippen LogP contribution in [0.1, 0.15) is 5.82 Å². The van der Waals surface area contributed by atoms with Crippen molar-refractivity contribution in [2.45, 2.75) is 6.42 Å². The van der Waals surface area contributed by atoms with Crippen LogP contribution in [0, 0.1) is 3.57 Å². The fourth-order valence-corrected chi connectivity index (χ4v) is 3.30. The molecule has 0 spiro atoms. The van der Waals surface area contributed by atoms with Gasteiger partial charge in [0.2, 0.25) is 0 Å². The van der Waals surface area contributed by atoms with Gasteiger partial charge in [-0.15, -0.1) is 11.6 Å². The van der Waals surface area contributed by atoms with E-state index in [1.807, 2.05) is 12.1 Å². The molecule has 102 valence electrons. The Labute approximate surface area is 144 Å². The third-order valence-electron chi connectivity index (χ3n) is 3.07. The summed E-state index contributed by atoms with van der Waals surface area (Å²) in [6, 6.07) is 14.5. The third kappa shape index (κ3) is 2.73. The smallest absolute Gasteiger partial charge is 0.115 e. The van der Waals surface area contributed by atoms with E-state index in [1.165, 1.54) is 3.57 Å². The van der Waals surface area contributed by atoms with E-state index >= 15 is 0 Å². The van der Waals surface area contributed by atoms with Crippen molar-refractivity contribution >= 4 is 61.2 Å². The van der Waals surface area contributed by atoms with Crippen molar-refractivity contribution < 1.29 is 0 Å². The van der Waals surface area contributed by atoms with E-state index in [0.717, 1.165) is 33.4 Å². The van der Waals surface area contributed by atoms with Crippen LogP contribution in [0.5, 0.6) is 0 Å². The van der Waals surface area contributed by atoms with Crippen molar-refractivity contribution in [3.63, 3.8) is 0 Å². The summed E-state index contributed by atoms with van der Waals surface area (Å²) < 4.78 is 4.44. The van der Waals surface area contributed by atoms with Crippen LogP contribution in [-0.4, -0.2) is 15.4 Å². The Balaban J connectivity index is 2.30. The Hall–Kier alpha value is -0.590. The maximum Gasteiger partial charge on any atom is 0.115 e. The second-order valence-electron chi connectivity index (χ2n) is 4.42. The van der Waals surface area contributed by atoms with Gasteiger partial charge in [0.15, 0.2) is 0 Å². The van der Waals surface area contributed by atoms with Crippen LogP contribution in [0.4, 0.5) is 0 Å². The molecule has 1 aromatic heterocycles.